The number of ether oxygens (including phenoxy) is 1. The van der Waals surface area contributed by atoms with Crippen molar-refractivity contribution in [2.45, 2.75) is 45.7 Å². The van der Waals surface area contributed by atoms with Gasteiger partial charge in [-0.25, -0.2) is 0 Å². The Morgan fingerprint density at radius 2 is 2.10 bits per heavy atom. The van der Waals surface area contributed by atoms with E-state index in [4.69, 9.17) is 4.74 Å². The van der Waals surface area contributed by atoms with E-state index in [1.54, 1.807) is 0 Å². The summed E-state index contributed by atoms with van der Waals surface area (Å²) in [6.45, 7) is 14.0. The minimum atomic E-state index is 0.106. The molecule has 0 aromatic carbocycles. The van der Waals surface area contributed by atoms with Gasteiger partial charge in [0.1, 0.15) is 0 Å². The van der Waals surface area contributed by atoms with Gasteiger partial charge < -0.3 is 10.1 Å². The van der Waals surface area contributed by atoms with Crippen LogP contribution < -0.4 is 5.32 Å². The van der Waals surface area contributed by atoms with Crippen molar-refractivity contribution in [3.05, 3.63) is 21.9 Å². The molecule has 1 aliphatic rings. The molecule has 1 aliphatic heterocycles. The van der Waals surface area contributed by atoms with Crippen molar-refractivity contribution in [1.29, 1.82) is 0 Å². The average molecular weight is 296 g/mol. The molecular formula is C16H28N2OS. The van der Waals surface area contributed by atoms with Crippen molar-refractivity contribution in [2.24, 2.45) is 0 Å². The number of aryl methyl sites for hydroxylation is 1. The zero-order valence-electron chi connectivity index (χ0n) is 13.2. The lowest BCUT2D eigenvalue weighted by Crippen LogP contribution is -2.56. The Hall–Kier alpha value is -0.420. The number of nitrogens with one attached hydrogen (secondary N) is 1. The quantitative estimate of drug-likeness (QED) is 0.872. The molecule has 1 aromatic rings. The van der Waals surface area contributed by atoms with Gasteiger partial charge in [-0.15, -0.1) is 11.3 Å². The van der Waals surface area contributed by atoms with Crippen LogP contribution >= 0.6 is 11.3 Å². The van der Waals surface area contributed by atoms with Crippen molar-refractivity contribution in [1.82, 2.24) is 10.2 Å². The van der Waals surface area contributed by atoms with E-state index in [1.807, 2.05) is 11.3 Å². The summed E-state index contributed by atoms with van der Waals surface area (Å²) in [6, 6.07) is 2.62. The molecule has 0 amide bonds. The predicted molar refractivity (Wildman–Crippen MR) is 86.6 cm³/mol. The molecule has 0 radical (unpaired) electrons. The van der Waals surface area contributed by atoms with E-state index in [1.165, 1.54) is 16.9 Å². The molecule has 4 heteroatoms. The lowest BCUT2D eigenvalue weighted by atomic mass is 9.89. The predicted octanol–water partition coefficient (Wildman–Crippen LogP) is 3.21. The van der Waals surface area contributed by atoms with Crippen LogP contribution in [0.5, 0.6) is 0 Å². The van der Waals surface area contributed by atoms with Crippen LogP contribution in [-0.2, 0) is 4.74 Å². The second kappa shape index (κ2) is 7.03. The molecule has 2 rings (SSSR count). The van der Waals surface area contributed by atoms with E-state index in [-0.39, 0.29) is 5.54 Å². The fourth-order valence-corrected chi connectivity index (χ4v) is 4.13. The summed E-state index contributed by atoms with van der Waals surface area (Å²) in [7, 11) is 0. The molecule has 0 aliphatic carbocycles. The van der Waals surface area contributed by atoms with E-state index in [2.05, 4.69) is 49.4 Å². The molecule has 1 unspecified atom stereocenters. The smallest absolute Gasteiger partial charge is 0.0599 e. The van der Waals surface area contributed by atoms with Crippen LogP contribution in [0.4, 0.5) is 0 Å². The molecule has 114 valence electrons. The summed E-state index contributed by atoms with van der Waals surface area (Å²) >= 11 is 1.88. The summed E-state index contributed by atoms with van der Waals surface area (Å²) in [5.74, 6) is 0. The third-order valence-electron chi connectivity index (χ3n) is 4.29. The summed E-state index contributed by atoms with van der Waals surface area (Å²) in [5, 5.41) is 5.99. The normalized spacial score (nSPS) is 19.2. The Morgan fingerprint density at radius 1 is 1.40 bits per heavy atom. The summed E-state index contributed by atoms with van der Waals surface area (Å²) in [6.07, 6.45) is 1.17. The second-order valence-corrected chi connectivity index (χ2v) is 7.06. The number of hydrogen-bond donors (Lipinski definition) is 1. The van der Waals surface area contributed by atoms with Gasteiger partial charge in [0.15, 0.2) is 0 Å². The van der Waals surface area contributed by atoms with Gasteiger partial charge in [-0.2, -0.15) is 0 Å². The van der Waals surface area contributed by atoms with Crippen LogP contribution in [0.25, 0.3) is 0 Å². The molecule has 1 N–H and O–H groups in total. The summed E-state index contributed by atoms with van der Waals surface area (Å²) < 4.78 is 5.51. The number of morpholine rings is 1. The van der Waals surface area contributed by atoms with Gasteiger partial charge >= 0.3 is 0 Å². The highest BCUT2D eigenvalue weighted by molar-refractivity contribution is 7.10. The highest BCUT2D eigenvalue weighted by Crippen LogP contribution is 2.36. The first kappa shape index (κ1) is 16.0. The van der Waals surface area contributed by atoms with Crippen LogP contribution in [0.15, 0.2) is 11.4 Å². The van der Waals surface area contributed by atoms with Crippen molar-refractivity contribution in [2.75, 3.05) is 32.8 Å². The summed E-state index contributed by atoms with van der Waals surface area (Å²) in [4.78, 5) is 4.05. The molecule has 0 spiro atoms. The van der Waals surface area contributed by atoms with Crippen LogP contribution in [0.1, 0.15) is 43.7 Å². The monoisotopic (exact) mass is 296 g/mol. The van der Waals surface area contributed by atoms with Gasteiger partial charge in [0.05, 0.1) is 19.3 Å². The molecule has 1 saturated heterocycles. The molecule has 1 atom stereocenters. The molecule has 3 nitrogen and oxygen atoms in total. The third kappa shape index (κ3) is 3.42. The maximum atomic E-state index is 5.51. The van der Waals surface area contributed by atoms with Gasteiger partial charge in [-0.05, 0) is 50.7 Å². The second-order valence-electron chi connectivity index (χ2n) is 6.11. The first-order valence-electron chi connectivity index (χ1n) is 7.67. The minimum absolute atomic E-state index is 0.106. The maximum absolute atomic E-state index is 5.51. The van der Waals surface area contributed by atoms with Gasteiger partial charge in [0.2, 0.25) is 0 Å². The first-order valence-corrected chi connectivity index (χ1v) is 8.55. The van der Waals surface area contributed by atoms with E-state index in [0.29, 0.717) is 6.04 Å². The molecule has 0 saturated carbocycles. The molecule has 1 aromatic heterocycles. The standard InChI is InChI=1S/C16H28N2OS/c1-5-7-17-15(14-13(2)6-12-20-14)16(3,4)18-8-10-19-11-9-18/h6,12,15,17H,5,7-11H2,1-4H3. The number of hydrogen-bond acceptors (Lipinski definition) is 4. The summed E-state index contributed by atoms with van der Waals surface area (Å²) in [5.41, 5.74) is 1.51. The van der Waals surface area contributed by atoms with Crippen LogP contribution in [0.2, 0.25) is 0 Å². The molecule has 20 heavy (non-hydrogen) atoms. The molecule has 0 bridgehead atoms. The van der Waals surface area contributed by atoms with E-state index >= 15 is 0 Å². The largest absolute Gasteiger partial charge is 0.379 e. The first-order chi connectivity index (χ1) is 9.57. The molecule has 2 heterocycles. The van der Waals surface area contributed by atoms with E-state index in [9.17, 15) is 0 Å². The number of thiophene rings is 1. The zero-order valence-corrected chi connectivity index (χ0v) is 14.1. The van der Waals surface area contributed by atoms with Gasteiger partial charge in [0, 0.05) is 23.5 Å². The van der Waals surface area contributed by atoms with Gasteiger partial charge in [-0.3, -0.25) is 4.90 Å². The maximum Gasteiger partial charge on any atom is 0.0599 e. The van der Waals surface area contributed by atoms with Crippen LogP contribution in [0, 0.1) is 6.92 Å². The number of nitrogens with zero attached hydrogens (tertiary/aromatic N) is 1. The number of rotatable bonds is 6. The Bertz CT molecular complexity index is 410. The molecular weight excluding hydrogens is 268 g/mol. The Kier molecular flexibility index (Phi) is 5.61. The van der Waals surface area contributed by atoms with Crippen LogP contribution in [-0.4, -0.2) is 43.3 Å². The lowest BCUT2D eigenvalue weighted by Gasteiger charge is -2.46. The third-order valence-corrected chi connectivity index (χ3v) is 5.38. The zero-order chi connectivity index (χ0) is 14.6. The Labute approximate surface area is 127 Å². The van der Waals surface area contributed by atoms with Gasteiger partial charge in [0.25, 0.3) is 0 Å². The van der Waals surface area contributed by atoms with Crippen LogP contribution in [0.3, 0.4) is 0 Å². The van der Waals surface area contributed by atoms with Gasteiger partial charge in [-0.1, -0.05) is 6.92 Å². The van der Waals surface area contributed by atoms with Crippen molar-refractivity contribution >= 4 is 11.3 Å². The highest BCUT2D eigenvalue weighted by Gasteiger charge is 2.37. The fourth-order valence-electron chi connectivity index (χ4n) is 2.95. The topological polar surface area (TPSA) is 24.5 Å². The Balaban J connectivity index is 2.22. The fraction of sp³-hybridized carbons (Fsp3) is 0.750. The average Bonchev–Trinajstić information content (AvgIpc) is 2.86. The molecule has 1 fully saturated rings. The highest BCUT2D eigenvalue weighted by atomic mass is 32.1. The van der Waals surface area contributed by atoms with Crippen molar-refractivity contribution in [3.63, 3.8) is 0 Å². The van der Waals surface area contributed by atoms with Crippen molar-refractivity contribution < 1.29 is 4.74 Å². The van der Waals surface area contributed by atoms with Crippen molar-refractivity contribution in [3.8, 4) is 0 Å². The Morgan fingerprint density at radius 3 is 2.65 bits per heavy atom. The SMILES string of the molecule is CCCNC(c1sccc1C)C(C)(C)N1CCOCC1. The lowest BCUT2D eigenvalue weighted by molar-refractivity contribution is -0.0234. The minimum Gasteiger partial charge on any atom is -0.379 e. The van der Waals surface area contributed by atoms with E-state index < -0.39 is 0 Å². The van der Waals surface area contributed by atoms with E-state index in [0.717, 1.165) is 32.8 Å².